The summed E-state index contributed by atoms with van der Waals surface area (Å²) < 4.78 is 1.97. The van der Waals surface area contributed by atoms with Crippen molar-refractivity contribution in [2.24, 2.45) is 0 Å². The molecule has 1 N–H and O–H groups in total. The summed E-state index contributed by atoms with van der Waals surface area (Å²) in [6, 6.07) is 15.1. The van der Waals surface area contributed by atoms with Gasteiger partial charge in [0.15, 0.2) is 0 Å². The van der Waals surface area contributed by atoms with Crippen LogP contribution in [0.4, 0.5) is 0 Å². The number of rotatable bonds is 3. The predicted octanol–water partition coefficient (Wildman–Crippen LogP) is 3.91. The number of hydrogen-bond donors (Lipinski definition) is 1. The molecule has 3 heterocycles. The standard InChI is InChI=1S/C18H15N4/c1-2-22-12-16(17(21-22)13-6-4-3-5-7-13)14-8-10-19-18-15(14)9-11-20-18/h4-12H,2H2,1H3,(H,19,20). The Morgan fingerprint density at radius 2 is 2.00 bits per heavy atom. The van der Waals surface area contributed by atoms with Crippen molar-refractivity contribution in [2.75, 3.05) is 0 Å². The van der Waals surface area contributed by atoms with E-state index in [1.807, 2.05) is 47.4 Å². The molecule has 4 aromatic rings. The van der Waals surface area contributed by atoms with Gasteiger partial charge in [0.25, 0.3) is 0 Å². The molecule has 0 saturated heterocycles. The Morgan fingerprint density at radius 3 is 2.82 bits per heavy atom. The first-order chi connectivity index (χ1) is 10.9. The van der Waals surface area contributed by atoms with E-state index in [0.717, 1.165) is 40.0 Å². The van der Waals surface area contributed by atoms with Crippen LogP contribution >= 0.6 is 0 Å². The highest BCUT2D eigenvalue weighted by Gasteiger charge is 2.15. The average Bonchev–Trinajstić information content (AvgIpc) is 3.22. The summed E-state index contributed by atoms with van der Waals surface area (Å²) in [7, 11) is 0. The second-order valence-corrected chi connectivity index (χ2v) is 5.13. The number of nitrogens with zero attached hydrogens (tertiary/aromatic N) is 3. The Labute approximate surface area is 128 Å². The minimum Gasteiger partial charge on any atom is -0.346 e. The predicted molar refractivity (Wildman–Crippen MR) is 87.3 cm³/mol. The Bertz CT molecular complexity index is 919. The number of H-pyrrole nitrogens is 1. The van der Waals surface area contributed by atoms with Crippen LogP contribution in [0.25, 0.3) is 33.4 Å². The fraction of sp³-hybridized carbons (Fsp3) is 0.111. The van der Waals surface area contributed by atoms with Gasteiger partial charge in [0.2, 0.25) is 0 Å². The van der Waals surface area contributed by atoms with Crippen LogP contribution in [0, 0.1) is 6.07 Å². The minimum atomic E-state index is 0.841. The molecule has 4 heteroatoms. The van der Waals surface area contributed by atoms with Crippen molar-refractivity contribution in [3.8, 4) is 22.4 Å². The molecule has 0 aliphatic heterocycles. The van der Waals surface area contributed by atoms with Gasteiger partial charge in [-0.25, -0.2) is 4.98 Å². The molecular weight excluding hydrogens is 272 g/mol. The van der Waals surface area contributed by atoms with Crippen LogP contribution in [0.5, 0.6) is 0 Å². The van der Waals surface area contributed by atoms with E-state index in [9.17, 15) is 0 Å². The van der Waals surface area contributed by atoms with Crippen molar-refractivity contribution >= 4 is 11.0 Å². The molecular formula is C18H15N4. The smallest absolute Gasteiger partial charge is 0.137 e. The van der Waals surface area contributed by atoms with E-state index in [4.69, 9.17) is 5.10 Å². The van der Waals surface area contributed by atoms with Crippen molar-refractivity contribution in [3.05, 3.63) is 61.1 Å². The lowest BCUT2D eigenvalue weighted by Gasteiger charge is -2.04. The molecule has 1 aromatic carbocycles. The van der Waals surface area contributed by atoms with Crippen LogP contribution < -0.4 is 0 Å². The molecule has 0 bridgehead atoms. The third kappa shape index (κ3) is 2.00. The zero-order valence-corrected chi connectivity index (χ0v) is 12.2. The third-order valence-corrected chi connectivity index (χ3v) is 3.83. The summed E-state index contributed by atoms with van der Waals surface area (Å²) in [5.74, 6) is 0. The van der Waals surface area contributed by atoms with Gasteiger partial charge in [-0.1, -0.05) is 24.3 Å². The first kappa shape index (κ1) is 12.8. The SMILES string of the molecule is CCn1cc(-c2ccnc3[nH]ccc23)c(-c2cc[c]cc2)n1. The van der Waals surface area contributed by atoms with Gasteiger partial charge < -0.3 is 4.98 Å². The van der Waals surface area contributed by atoms with Gasteiger partial charge in [-0.15, -0.1) is 0 Å². The molecule has 4 rings (SSSR count). The normalized spacial score (nSPS) is 11.1. The maximum absolute atomic E-state index is 4.74. The molecule has 0 spiro atoms. The molecule has 0 atom stereocenters. The third-order valence-electron chi connectivity index (χ3n) is 3.83. The summed E-state index contributed by atoms with van der Waals surface area (Å²) in [5, 5.41) is 5.85. The van der Waals surface area contributed by atoms with Crippen LogP contribution in [-0.2, 0) is 6.54 Å². The Kier molecular flexibility index (Phi) is 3.00. The molecule has 0 aliphatic rings. The van der Waals surface area contributed by atoms with Gasteiger partial charge >= 0.3 is 0 Å². The Hall–Kier alpha value is -2.88. The number of nitrogens with one attached hydrogen (secondary N) is 1. The molecule has 107 valence electrons. The molecule has 0 aliphatic carbocycles. The van der Waals surface area contributed by atoms with Gasteiger partial charge in [-0.05, 0) is 30.7 Å². The van der Waals surface area contributed by atoms with Crippen molar-refractivity contribution < 1.29 is 0 Å². The molecule has 0 fully saturated rings. The van der Waals surface area contributed by atoms with E-state index >= 15 is 0 Å². The maximum Gasteiger partial charge on any atom is 0.137 e. The van der Waals surface area contributed by atoms with Crippen LogP contribution in [-0.4, -0.2) is 19.7 Å². The lowest BCUT2D eigenvalue weighted by molar-refractivity contribution is 0.662. The van der Waals surface area contributed by atoms with Crippen LogP contribution in [0.3, 0.4) is 0 Å². The number of aryl methyl sites for hydroxylation is 1. The highest BCUT2D eigenvalue weighted by atomic mass is 15.3. The van der Waals surface area contributed by atoms with E-state index < -0.39 is 0 Å². The van der Waals surface area contributed by atoms with Gasteiger partial charge in [-0.3, -0.25) is 4.68 Å². The molecule has 1 radical (unpaired) electrons. The molecule has 0 saturated carbocycles. The molecule has 3 aromatic heterocycles. The lowest BCUT2D eigenvalue weighted by atomic mass is 10.0. The number of aromatic amines is 1. The number of benzene rings is 1. The van der Waals surface area contributed by atoms with Crippen molar-refractivity contribution in [1.29, 1.82) is 0 Å². The van der Waals surface area contributed by atoms with E-state index in [2.05, 4.69) is 35.2 Å². The fourth-order valence-corrected chi connectivity index (χ4v) is 2.73. The van der Waals surface area contributed by atoms with E-state index in [0.29, 0.717) is 0 Å². The van der Waals surface area contributed by atoms with Crippen molar-refractivity contribution in [3.63, 3.8) is 0 Å². The van der Waals surface area contributed by atoms with Gasteiger partial charge in [0, 0.05) is 41.6 Å². The zero-order valence-electron chi connectivity index (χ0n) is 12.2. The summed E-state index contributed by atoms with van der Waals surface area (Å²) in [5.41, 5.74) is 5.26. The highest BCUT2D eigenvalue weighted by molar-refractivity contribution is 5.96. The van der Waals surface area contributed by atoms with Crippen molar-refractivity contribution in [1.82, 2.24) is 19.7 Å². The average molecular weight is 287 g/mol. The summed E-state index contributed by atoms with van der Waals surface area (Å²) in [6.07, 6.45) is 5.86. The molecule has 22 heavy (non-hydrogen) atoms. The first-order valence-electron chi connectivity index (χ1n) is 7.33. The summed E-state index contributed by atoms with van der Waals surface area (Å²) in [4.78, 5) is 7.54. The van der Waals surface area contributed by atoms with Gasteiger partial charge in [-0.2, -0.15) is 5.10 Å². The van der Waals surface area contributed by atoms with Crippen LogP contribution in [0.15, 0.2) is 55.0 Å². The largest absolute Gasteiger partial charge is 0.346 e. The van der Waals surface area contributed by atoms with E-state index in [1.54, 1.807) is 0 Å². The summed E-state index contributed by atoms with van der Waals surface area (Å²) >= 11 is 0. The van der Waals surface area contributed by atoms with Crippen LogP contribution in [0.1, 0.15) is 6.92 Å². The number of pyridine rings is 1. The molecule has 0 unspecified atom stereocenters. The van der Waals surface area contributed by atoms with Crippen LogP contribution in [0.2, 0.25) is 0 Å². The first-order valence-corrected chi connectivity index (χ1v) is 7.33. The van der Waals surface area contributed by atoms with E-state index in [-0.39, 0.29) is 0 Å². The fourth-order valence-electron chi connectivity index (χ4n) is 2.73. The topological polar surface area (TPSA) is 46.5 Å². The second-order valence-electron chi connectivity index (χ2n) is 5.13. The number of hydrogen-bond acceptors (Lipinski definition) is 2. The molecule has 0 amide bonds. The monoisotopic (exact) mass is 287 g/mol. The highest BCUT2D eigenvalue weighted by Crippen LogP contribution is 2.34. The number of fused-ring (bicyclic) bond motifs is 1. The zero-order chi connectivity index (χ0) is 14.9. The lowest BCUT2D eigenvalue weighted by Crippen LogP contribution is -1.93. The van der Waals surface area contributed by atoms with E-state index in [1.165, 1.54) is 0 Å². The minimum absolute atomic E-state index is 0.841. The molecule has 4 nitrogen and oxygen atoms in total. The number of aromatic nitrogens is 4. The Balaban J connectivity index is 1.99. The Morgan fingerprint density at radius 1 is 1.14 bits per heavy atom. The van der Waals surface area contributed by atoms with Crippen molar-refractivity contribution in [2.45, 2.75) is 13.5 Å². The maximum atomic E-state index is 4.74. The van der Waals surface area contributed by atoms with Gasteiger partial charge in [0.1, 0.15) is 11.3 Å². The quantitative estimate of drug-likeness (QED) is 0.621. The second kappa shape index (κ2) is 5.15. The van der Waals surface area contributed by atoms with Gasteiger partial charge in [0.05, 0.1) is 0 Å². The summed E-state index contributed by atoms with van der Waals surface area (Å²) in [6.45, 7) is 2.94.